The first-order valence-electron chi connectivity index (χ1n) is 5.93. The molecule has 2 rings (SSSR count). The molecular weight excluding hydrogens is 216 g/mol. The van der Waals surface area contributed by atoms with Gasteiger partial charge in [0.2, 0.25) is 5.95 Å². The van der Waals surface area contributed by atoms with Crippen molar-refractivity contribution in [2.45, 2.75) is 32.7 Å². The van der Waals surface area contributed by atoms with Crippen molar-refractivity contribution in [2.24, 2.45) is 0 Å². The smallest absolute Gasteiger partial charge is 0.256 e. The van der Waals surface area contributed by atoms with E-state index in [2.05, 4.69) is 9.88 Å². The number of piperidine rings is 1. The van der Waals surface area contributed by atoms with Crippen LogP contribution in [0.2, 0.25) is 0 Å². The second kappa shape index (κ2) is 5.00. The number of nitrogens with zero attached hydrogens (tertiary/aromatic N) is 4. The van der Waals surface area contributed by atoms with E-state index in [0.29, 0.717) is 11.6 Å². The lowest BCUT2D eigenvalue weighted by molar-refractivity contribution is 0.552. The van der Waals surface area contributed by atoms with Gasteiger partial charge in [-0.25, -0.2) is 4.98 Å². The van der Waals surface area contributed by atoms with E-state index in [9.17, 15) is 4.79 Å². The summed E-state index contributed by atoms with van der Waals surface area (Å²) in [6.45, 7) is 3.71. The molecule has 0 bridgehead atoms. The first-order valence-corrected chi connectivity index (χ1v) is 5.93. The van der Waals surface area contributed by atoms with E-state index < -0.39 is 0 Å². The molecule has 5 nitrogen and oxygen atoms in total. The molecule has 0 atom stereocenters. The maximum absolute atomic E-state index is 11.8. The fourth-order valence-electron chi connectivity index (χ4n) is 2.16. The summed E-state index contributed by atoms with van der Waals surface area (Å²) < 4.78 is 1.46. The van der Waals surface area contributed by atoms with Crippen molar-refractivity contribution in [3.63, 3.8) is 0 Å². The summed E-state index contributed by atoms with van der Waals surface area (Å²) in [4.78, 5) is 18.4. The van der Waals surface area contributed by atoms with Crippen LogP contribution in [0, 0.1) is 18.3 Å². The average Bonchev–Trinajstić information content (AvgIpc) is 2.33. The molecule has 0 amide bonds. The number of rotatable bonds is 2. The van der Waals surface area contributed by atoms with Crippen LogP contribution in [0.15, 0.2) is 10.9 Å². The molecule has 1 aromatic heterocycles. The third kappa shape index (κ3) is 2.47. The number of hydrogen-bond acceptors (Lipinski definition) is 4. The first-order chi connectivity index (χ1) is 8.22. The highest BCUT2D eigenvalue weighted by atomic mass is 16.1. The van der Waals surface area contributed by atoms with Gasteiger partial charge in [-0.15, -0.1) is 0 Å². The minimum absolute atomic E-state index is 0.0674. The highest BCUT2D eigenvalue weighted by molar-refractivity contribution is 5.33. The number of anilines is 1. The fourth-order valence-corrected chi connectivity index (χ4v) is 2.16. The minimum atomic E-state index is -0.139. The average molecular weight is 232 g/mol. The third-order valence-corrected chi connectivity index (χ3v) is 2.98. The van der Waals surface area contributed by atoms with Gasteiger partial charge in [-0.05, 0) is 26.2 Å². The summed E-state index contributed by atoms with van der Waals surface area (Å²) in [5.74, 6) is 0.649. The zero-order valence-corrected chi connectivity index (χ0v) is 10.0. The predicted molar refractivity (Wildman–Crippen MR) is 64.9 cm³/mol. The molecule has 0 spiro atoms. The van der Waals surface area contributed by atoms with Crippen LogP contribution >= 0.6 is 0 Å². The van der Waals surface area contributed by atoms with Gasteiger partial charge in [-0.2, -0.15) is 5.26 Å². The fraction of sp³-hybridized carbons (Fsp3) is 0.583. The Bertz CT molecular complexity index is 494. The molecule has 0 aromatic carbocycles. The van der Waals surface area contributed by atoms with E-state index >= 15 is 0 Å². The standard InChI is InChI=1S/C12H16N4O/c1-10-9-11(17)16(8-5-13)12(14-10)15-6-3-2-4-7-15/h9H,2-4,6-8H2,1H3. The van der Waals surface area contributed by atoms with Crippen molar-refractivity contribution in [3.05, 3.63) is 22.1 Å². The summed E-state index contributed by atoms with van der Waals surface area (Å²) in [6.07, 6.45) is 3.47. The summed E-state index contributed by atoms with van der Waals surface area (Å²) in [6, 6.07) is 3.50. The Balaban J connectivity index is 2.43. The van der Waals surface area contributed by atoms with Gasteiger partial charge in [0, 0.05) is 24.8 Å². The molecule has 90 valence electrons. The maximum atomic E-state index is 11.8. The lowest BCUT2D eigenvalue weighted by Crippen LogP contribution is -2.36. The Morgan fingerprint density at radius 2 is 2.12 bits per heavy atom. The van der Waals surface area contributed by atoms with E-state index in [1.165, 1.54) is 17.1 Å². The van der Waals surface area contributed by atoms with Gasteiger partial charge in [0.25, 0.3) is 5.56 Å². The SMILES string of the molecule is Cc1cc(=O)n(CC#N)c(N2CCCCC2)n1. The van der Waals surface area contributed by atoms with E-state index in [1.54, 1.807) is 0 Å². The lowest BCUT2D eigenvalue weighted by Gasteiger charge is -2.29. The molecule has 1 aliphatic rings. The van der Waals surface area contributed by atoms with Crippen LogP contribution < -0.4 is 10.5 Å². The number of aromatic nitrogens is 2. The van der Waals surface area contributed by atoms with Crippen molar-refractivity contribution in [1.29, 1.82) is 5.26 Å². The Kier molecular flexibility index (Phi) is 3.43. The van der Waals surface area contributed by atoms with Crippen molar-refractivity contribution in [1.82, 2.24) is 9.55 Å². The third-order valence-electron chi connectivity index (χ3n) is 2.98. The predicted octanol–water partition coefficient (Wildman–Crippen LogP) is 1.07. The maximum Gasteiger partial charge on any atom is 0.256 e. The van der Waals surface area contributed by atoms with E-state index in [-0.39, 0.29) is 12.1 Å². The quantitative estimate of drug-likeness (QED) is 0.765. The van der Waals surface area contributed by atoms with Crippen LogP contribution in [-0.4, -0.2) is 22.6 Å². The molecule has 0 radical (unpaired) electrons. The van der Waals surface area contributed by atoms with Crippen molar-refractivity contribution < 1.29 is 0 Å². The molecule has 0 saturated carbocycles. The summed E-state index contributed by atoms with van der Waals surface area (Å²) in [5.41, 5.74) is 0.574. The first kappa shape index (κ1) is 11.6. The zero-order chi connectivity index (χ0) is 12.3. The molecule has 1 aliphatic heterocycles. The van der Waals surface area contributed by atoms with Gasteiger partial charge in [0.1, 0.15) is 6.54 Å². The largest absolute Gasteiger partial charge is 0.342 e. The number of hydrogen-bond donors (Lipinski definition) is 0. The normalized spacial score (nSPS) is 15.6. The van der Waals surface area contributed by atoms with Crippen molar-refractivity contribution in [3.8, 4) is 6.07 Å². The van der Waals surface area contributed by atoms with E-state index in [1.807, 2.05) is 13.0 Å². The summed E-state index contributed by atoms with van der Waals surface area (Å²) >= 11 is 0. The molecular formula is C12H16N4O. The van der Waals surface area contributed by atoms with Crippen LogP contribution in [0.3, 0.4) is 0 Å². The minimum Gasteiger partial charge on any atom is -0.342 e. The topological polar surface area (TPSA) is 61.9 Å². The molecule has 5 heteroatoms. The van der Waals surface area contributed by atoms with Gasteiger partial charge >= 0.3 is 0 Å². The summed E-state index contributed by atoms with van der Waals surface area (Å²) in [5, 5.41) is 8.78. The van der Waals surface area contributed by atoms with E-state index in [4.69, 9.17) is 5.26 Å². The van der Waals surface area contributed by atoms with Crippen molar-refractivity contribution >= 4 is 5.95 Å². The van der Waals surface area contributed by atoms with Crippen LogP contribution in [0.4, 0.5) is 5.95 Å². The van der Waals surface area contributed by atoms with Gasteiger partial charge < -0.3 is 4.90 Å². The zero-order valence-electron chi connectivity index (χ0n) is 10.0. The van der Waals surface area contributed by atoms with Crippen molar-refractivity contribution in [2.75, 3.05) is 18.0 Å². The monoisotopic (exact) mass is 232 g/mol. The highest BCUT2D eigenvalue weighted by Gasteiger charge is 2.17. The summed E-state index contributed by atoms with van der Waals surface area (Å²) in [7, 11) is 0. The van der Waals surface area contributed by atoms with Crippen LogP contribution in [0.1, 0.15) is 25.0 Å². The van der Waals surface area contributed by atoms with Gasteiger partial charge in [-0.1, -0.05) is 0 Å². The number of aryl methyl sites for hydroxylation is 1. The number of nitriles is 1. The van der Waals surface area contributed by atoms with Gasteiger partial charge in [0.05, 0.1) is 6.07 Å². The van der Waals surface area contributed by atoms with Gasteiger partial charge in [-0.3, -0.25) is 9.36 Å². The molecule has 1 aromatic rings. The molecule has 1 saturated heterocycles. The van der Waals surface area contributed by atoms with Crippen LogP contribution in [-0.2, 0) is 6.54 Å². The Morgan fingerprint density at radius 1 is 1.41 bits per heavy atom. The molecule has 2 heterocycles. The Labute approximate surface area is 100 Å². The Morgan fingerprint density at radius 3 is 2.76 bits per heavy atom. The molecule has 0 aliphatic carbocycles. The molecule has 1 fully saturated rings. The molecule has 0 N–H and O–H groups in total. The second-order valence-electron chi connectivity index (χ2n) is 4.33. The highest BCUT2D eigenvalue weighted by Crippen LogP contribution is 2.16. The molecule has 17 heavy (non-hydrogen) atoms. The lowest BCUT2D eigenvalue weighted by atomic mass is 10.1. The van der Waals surface area contributed by atoms with Gasteiger partial charge in [0.15, 0.2) is 0 Å². The second-order valence-corrected chi connectivity index (χ2v) is 4.33. The molecule has 0 unspecified atom stereocenters. The Hall–Kier alpha value is -1.83. The van der Waals surface area contributed by atoms with Crippen LogP contribution in [0.5, 0.6) is 0 Å². The van der Waals surface area contributed by atoms with Crippen LogP contribution in [0.25, 0.3) is 0 Å². The van der Waals surface area contributed by atoms with E-state index in [0.717, 1.165) is 25.9 Å².